The molecule has 0 saturated heterocycles. The zero-order valence-corrected chi connectivity index (χ0v) is 13.2. The van der Waals surface area contributed by atoms with E-state index in [0.717, 1.165) is 5.56 Å². The summed E-state index contributed by atoms with van der Waals surface area (Å²) < 4.78 is 0. The highest BCUT2D eigenvalue weighted by atomic mass is 35.5. The van der Waals surface area contributed by atoms with Crippen LogP contribution in [0.1, 0.15) is 25.3 Å². The van der Waals surface area contributed by atoms with E-state index in [4.69, 9.17) is 46.4 Å². The van der Waals surface area contributed by atoms with Gasteiger partial charge in [-0.3, -0.25) is 0 Å². The molecule has 100 valence electrons. The van der Waals surface area contributed by atoms with Crippen molar-refractivity contribution in [2.45, 2.75) is 19.8 Å². The van der Waals surface area contributed by atoms with Crippen molar-refractivity contribution >= 4 is 46.4 Å². The Morgan fingerprint density at radius 1 is 0.947 bits per heavy atom. The summed E-state index contributed by atoms with van der Waals surface area (Å²) in [4.78, 5) is 8.51. The van der Waals surface area contributed by atoms with Crippen LogP contribution in [-0.4, -0.2) is 9.97 Å². The molecule has 0 N–H and O–H groups in total. The lowest BCUT2D eigenvalue weighted by molar-refractivity contribution is 0.848. The van der Waals surface area contributed by atoms with Crippen LogP contribution in [-0.2, 0) is 0 Å². The molecule has 1 aromatic heterocycles. The molecule has 2 nitrogen and oxygen atoms in total. The van der Waals surface area contributed by atoms with Crippen LogP contribution in [0.25, 0.3) is 11.4 Å². The van der Waals surface area contributed by atoms with Gasteiger partial charge in [0.25, 0.3) is 0 Å². The second-order valence-electron chi connectivity index (χ2n) is 4.30. The summed E-state index contributed by atoms with van der Waals surface area (Å²) in [6.45, 7) is 3.95. The fourth-order valence-electron chi connectivity index (χ4n) is 1.69. The summed E-state index contributed by atoms with van der Waals surface area (Å²) in [6, 6.07) is 5.23. The molecule has 0 bridgehead atoms. The Morgan fingerprint density at radius 2 is 1.53 bits per heavy atom. The van der Waals surface area contributed by atoms with Crippen molar-refractivity contribution in [3.63, 3.8) is 0 Å². The van der Waals surface area contributed by atoms with E-state index in [9.17, 15) is 0 Å². The lowest BCUT2D eigenvalue weighted by Crippen LogP contribution is -1.99. The van der Waals surface area contributed by atoms with Crippen molar-refractivity contribution in [1.29, 1.82) is 0 Å². The first kappa shape index (κ1) is 14.9. The Labute approximate surface area is 131 Å². The van der Waals surface area contributed by atoms with Gasteiger partial charge in [-0.25, -0.2) is 9.97 Å². The van der Waals surface area contributed by atoms with Gasteiger partial charge in [-0.1, -0.05) is 66.3 Å². The molecular formula is C13H10Cl4N2. The minimum atomic E-state index is 0.142. The summed E-state index contributed by atoms with van der Waals surface area (Å²) >= 11 is 24.4. The molecule has 0 atom stereocenters. The van der Waals surface area contributed by atoms with Gasteiger partial charge in [0.1, 0.15) is 10.3 Å². The van der Waals surface area contributed by atoms with Gasteiger partial charge in [-0.15, -0.1) is 0 Å². The smallest absolute Gasteiger partial charge is 0.164 e. The van der Waals surface area contributed by atoms with Crippen molar-refractivity contribution in [2.24, 2.45) is 0 Å². The van der Waals surface area contributed by atoms with Crippen LogP contribution in [0.15, 0.2) is 18.2 Å². The number of hydrogen-bond donors (Lipinski definition) is 0. The zero-order chi connectivity index (χ0) is 14.2. The first-order chi connectivity index (χ1) is 8.91. The molecule has 0 spiro atoms. The van der Waals surface area contributed by atoms with Gasteiger partial charge >= 0.3 is 0 Å². The summed E-state index contributed by atoms with van der Waals surface area (Å²) in [6.07, 6.45) is 0. The highest BCUT2D eigenvalue weighted by Crippen LogP contribution is 2.35. The number of hydrogen-bond acceptors (Lipinski definition) is 2. The third kappa shape index (κ3) is 2.97. The fraction of sp³-hybridized carbons (Fsp3) is 0.231. The molecular weight excluding hydrogens is 326 g/mol. The molecule has 0 aliphatic heterocycles. The predicted octanol–water partition coefficient (Wildman–Crippen LogP) is 5.88. The number of rotatable bonds is 2. The third-order valence-corrected chi connectivity index (χ3v) is 4.02. The molecule has 0 aliphatic carbocycles. The maximum Gasteiger partial charge on any atom is 0.164 e. The van der Waals surface area contributed by atoms with Gasteiger partial charge in [0.15, 0.2) is 5.82 Å². The van der Waals surface area contributed by atoms with Gasteiger partial charge < -0.3 is 0 Å². The second-order valence-corrected chi connectivity index (χ2v) is 5.80. The molecule has 0 aliphatic rings. The first-order valence-electron chi connectivity index (χ1n) is 5.59. The van der Waals surface area contributed by atoms with Gasteiger partial charge in [0, 0.05) is 11.1 Å². The molecule has 6 heteroatoms. The van der Waals surface area contributed by atoms with E-state index in [1.165, 1.54) is 0 Å². The number of benzene rings is 1. The fourth-order valence-corrected chi connectivity index (χ4v) is 2.90. The van der Waals surface area contributed by atoms with E-state index >= 15 is 0 Å². The quantitative estimate of drug-likeness (QED) is 0.640. The van der Waals surface area contributed by atoms with E-state index in [-0.39, 0.29) is 5.92 Å². The number of nitrogens with zero attached hydrogens (tertiary/aromatic N) is 2. The van der Waals surface area contributed by atoms with Crippen LogP contribution in [0, 0.1) is 0 Å². The van der Waals surface area contributed by atoms with Crippen molar-refractivity contribution < 1.29 is 0 Å². The highest BCUT2D eigenvalue weighted by molar-refractivity contribution is 6.43. The van der Waals surface area contributed by atoms with Gasteiger partial charge in [-0.05, 0) is 18.1 Å². The molecule has 0 fully saturated rings. The van der Waals surface area contributed by atoms with Gasteiger partial charge in [-0.2, -0.15) is 0 Å². The maximum atomic E-state index is 6.16. The van der Waals surface area contributed by atoms with E-state index in [1.54, 1.807) is 18.2 Å². The van der Waals surface area contributed by atoms with Crippen molar-refractivity contribution in [3.8, 4) is 11.4 Å². The third-order valence-electron chi connectivity index (χ3n) is 2.62. The first-order valence-corrected chi connectivity index (χ1v) is 7.10. The Hall–Kier alpha value is -0.540. The number of halogens is 4. The van der Waals surface area contributed by atoms with Gasteiger partial charge in [0.05, 0.1) is 10.0 Å². The minimum absolute atomic E-state index is 0.142. The average Bonchev–Trinajstić information content (AvgIpc) is 2.31. The monoisotopic (exact) mass is 334 g/mol. The predicted molar refractivity (Wildman–Crippen MR) is 81.6 cm³/mol. The number of aromatic nitrogens is 2. The molecule has 19 heavy (non-hydrogen) atoms. The molecule has 0 amide bonds. The Bertz CT molecular complexity index is 603. The molecule has 1 heterocycles. The standard InChI is InChI=1S/C13H10Cl4N2/c1-6(2)9-11(16)18-13(19-12(9)17)7-4-3-5-8(14)10(7)15/h3-6H,1-2H3. The van der Waals surface area contributed by atoms with Crippen LogP contribution >= 0.6 is 46.4 Å². The highest BCUT2D eigenvalue weighted by Gasteiger charge is 2.17. The molecule has 2 rings (SSSR count). The van der Waals surface area contributed by atoms with Crippen molar-refractivity contribution in [3.05, 3.63) is 44.1 Å². The molecule has 1 aromatic carbocycles. The average molecular weight is 336 g/mol. The largest absolute Gasteiger partial charge is 0.216 e. The summed E-state index contributed by atoms with van der Waals surface area (Å²) in [5.41, 5.74) is 1.33. The Morgan fingerprint density at radius 3 is 2.05 bits per heavy atom. The summed E-state index contributed by atoms with van der Waals surface area (Å²) in [7, 11) is 0. The maximum absolute atomic E-state index is 6.16. The lowest BCUT2D eigenvalue weighted by atomic mass is 10.1. The second kappa shape index (κ2) is 5.84. The lowest BCUT2D eigenvalue weighted by Gasteiger charge is -2.11. The Kier molecular flexibility index (Phi) is 4.57. The van der Waals surface area contributed by atoms with E-state index in [2.05, 4.69) is 9.97 Å². The van der Waals surface area contributed by atoms with Crippen LogP contribution in [0.5, 0.6) is 0 Å². The molecule has 0 saturated carbocycles. The Balaban J connectivity index is 2.62. The van der Waals surface area contributed by atoms with E-state index < -0.39 is 0 Å². The molecule has 0 unspecified atom stereocenters. The summed E-state index contributed by atoms with van der Waals surface area (Å²) in [5.74, 6) is 0.510. The van der Waals surface area contributed by atoms with E-state index in [1.807, 2.05) is 13.8 Å². The van der Waals surface area contributed by atoms with Crippen LogP contribution in [0.4, 0.5) is 0 Å². The van der Waals surface area contributed by atoms with Crippen LogP contribution < -0.4 is 0 Å². The minimum Gasteiger partial charge on any atom is -0.216 e. The zero-order valence-electron chi connectivity index (χ0n) is 10.2. The van der Waals surface area contributed by atoms with Crippen LogP contribution in [0.3, 0.4) is 0 Å². The SMILES string of the molecule is CC(C)c1c(Cl)nc(-c2cccc(Cl)c2Cl)nc1Cl. The normalized spacial score (nSPS) is 11.1. The molecule has 2 aromatic rings. The topological polar surface area (TPSA) is 25.8 Å². The molecule has 0 radical (unpaired) electrons. The van der Waals surface area contributed by atoms with Crippen molar-refractivity contribution in [2.75, 3.05) is 0 Å². The summed E-state index contributed by atoms with van der Waals surface area (Å²) in [5, 5.41) is 1.48. The van der Waals surface area contributed by atoms with Gasteiger partial charge in [0.2, 0.25) is 0 Å². The van der Waals surface area contributed by atoms with Crippen molar-refractivity contribution in [1.82, 2.24) is 9.97 Å². The van der Waals surface area contributed by atoms with Crippen LogP contribution in [0.2, 0.25) is 20.4 Å². The van der Waals surface area contributed by atoms with E-state index in [0.29, 0.717) is 31.7 Å².